The lowest BCUT2D eigenvalue weighted by atomic mass is 10.0. The van der Waals surface area contributed by atoms with Gasteiger partial charge in [0.2, 0.25) is 11.4 Å². The van der Waals surface area contributed by atoms with Crippen LogP contribution >= 0.6 is 11.5 Å². The first-order chi connectivity index (χ1) is 13.5. The standard InChI is InChI=1S/C19H13F2N3O3S/c1-27-17-13(8-4-5-22-12(21)6-8)11(20)7-10-15(17)24(9-2-3-9)19-14(16(10)25)18(26)23-28-19/h4-7,9H,2-3H2,1H3,(H,23,26). The zero-order valence-electron chi connectivity index (χ0n) is 14.6. The van der Waals surface area contributed by atoms with Gasteiger partial charge in [-0.2, -0.15) is 4.39 Å². The van der Waals surface area contributed by atoms with Crippen LogP contribution in [-0.4, -0.2) is 21.0 Å². The van der Waals surface area contributed by atoms with E-state index in [0.29, 0.717) is 10.3 Å². The number of hydrogen-bond donors (Lipinski definition) is 1. The SMILES string of the molecule is COc1c(-c2ccnc(F)c2)c(F)cc2c(=O)c3c(=O)[nH]sc3n(C3CC3)c12. The van der Waals surface area contributed by atoms with Crippen molar-refractivity contribution in [3.05, 3.63) is 56.7 Å². The lowest BCUT2D eigenvalue weighted by Gasteiger charge is -2.18. The molecule has 0 saturated heterocycles. The summed E-state index contributed by atoms with van der Waals surface area (Å²) in [5.74, 6) is -1.36. The summed E-state index contributed by atoms with van der Waals surface area (Å²) < 4.78 is 38.7. The lowest BCUT2D eigenvalue weighted by molar-refractivity contribution is 0.416. The van der Waals surface area contributed by atoms with Gasteiger partial charge in [0, 0.05) is 18.3 Å². The van der Waals surface area contributed by atoms with E-state index in [-0.39, 0.29) is 33.7 Å². The number of benzene rings is 1. The molecule has 3 aromatic heterocycles. The molecule has 1 fully saturated rings. The van der Waals surface area contributed by atoms with Crippen molar-refractivity contribution in [3.8, 4) is 16.9 Å². The van der Waals surface area contributed by atoms with Crippen molar-refractivity contribution in [1.82, 2.24) is 13.9 Å². The summed E-state index contributed by atoms with van der Waals surface area (Å²) in [5, 5.41) is 0.0875. The largest absolute Gasteiger partial charge is 0.494 e. The fourth-order valence-corrected chi connectivity index (χ4v) is 4.55. The van der Waals surface area contributed by atoms with E-state index in [0.717, 1.165) is 36.5 Å². The van der Waals surface area contributed by atoms with Crippen LogP contribution in [0.1, 0.15) is 18.9 Å². The van der Waals surface area contributed by atoms with E-state index in [4.69, 9.17) is 4.74 Å². The van der Waals surface area contributed by atoms with Gasteiger partial charge in [-0.3, -0.25) is 14.0 Å². The molecule has 3 heterocycles. The summed E-state index contributed by atoms with van der Waals surface area (Å²) >= 11 is 1.07. The van der Waals surface area contributed by atoms with Crippen LogP contribution in [0.2, 0.25) is 0 Å². The van der Waals surface area contributed by atoms with Crippen LogP contribution in [0.25, 0.3) is 32.2 Å². The molecule has 0 aliphatic heterocycles. The highest BCUT2D eigenvalue weighted by atomic mass is 32.1. The summed E-state index contributed by atoms with van der Waals surface area (Å²) in [5.41, 5.74) is -0.324. The molecular formula is C19H13F2N3O3S. The molecule has 0 spiro atoms. The minimum Gasteiger partial charge on any atom is -0.494 e. The predicted octanol–water partition coefficient (Wildman–Crippen LogP) is 3.59. The molecule has 0 unspecified atom stereocenters. The Bertz CT molecular complexity index is 1390. The number of H-pyrrole nitrogens is 1. The zero-order chi connectivity index (χ0) is 19.6. The Morgan fingerprint density at radius 3 is 2.75 bits per heavy atom. The minimum absolute atomic E-state index is 0.0218. The molecule has 1 aromatic carbocycles. The van der Waals surface area contributed by atoms with Gasteiger partial charge in [-0.05, 0) is 42.1 Å². The lowest BCUT2D eigenvalue weighted by Crippen LogP contribution is -2.16. The fourth-order valence-electron chi connectivity index (χ4n) is 3.64. The van der Waals surface area contributed by atoms with Crippen LogP contribution in [0.3, 0.4) is 0 Å². The van der Waals surface area contributed by atoms with Gasteiger partial charge in [-0.15, -0.1) is 0 Å². The van der Waals surface area contributed by atoms with Gasteiger partial charge in [-0.1, -0.05) is 0 Å². The third kappa shape index (κ3) is 2.32. The summed E-state index contributed by atoms with van der Waals surface area (Å²) in [4.78, 5) is 29.1. The second-order valence-corrected chi connectivity index (χ2v) is 7.47. The Kier molecular flexibility index (Phi) is 3.63. The molecular weight excluding hydrogens is 388 g/mol. The fraction of sp³-hybridized carbons (Fsp3) is 0.211. The van der Waals surface area contributed by atoms with Crippen molar-refractivity contribution in [3.63, 3.8) is 0 Å². The first kappa shape index (κ1) is 17.1. The molecule has 5 rings (SSSR count). The number of aromatic amines is 1. The smallest absolute Gasteiger partial charge is 0.271 e. The molecule has 6 nitrogen and oxygen atoms in total. The Morgan fingerprint density at radius 1 is 1.29 bits per heavy atom. The third-order valence-electron chi connectivity index (χ3n) is 4.95. The van der Waals surface area contributed by atoms with Crippen LogP contribution in [0, 0.1) is 11.8 Å². The van der Waals surface area contributed by atoms with Crippen molar-refractivity contribution in [2.75, 3.05) is 7.11 Å². The number of nitrogens with zero attached hydrogens (tertiary/aromatic N) is 2. The van der Waals surface area contributed by atoms with Gasteiger partial charge in [0.05, 0.1) is 23.6 Å². The van der Waals surface area contributed by atoms with Gasteiger partial charge < -0.3 is 9.30 Å². The van der Waals surface area contributed by atoms with Gasteiger partial charge in [0.15, 0.2) is 5.75 Å². The van der Waals surface area contributed by atoms with Gasteiger partial charge in [-0.25, -0.2) is 9.37 Å². The van der Waals surface area contributed by atoms with Gasteiger partial charge in [0.25, 0.3) is 5.56 Å². The Labute approximate surface area is 160 Å². The molecule has 0 atom stereocenters. The topological polar surface area (TPSA) is 77.0 Å². The molecule has 9 heteroatoms. The van der Waals surface area contributed by atoms with Crippen LogP contribution in [0.4, 0.5) is 8.78 Å². The number of ether oxygens (including phenoxy) is 1. The van der Waals surface area contributed by atoms with E-state index in [1.54, 1.807) is 0 Å². The summed E-state index contributed by atoms with van der Waals surface area (Å²) in [6.45, 7) is 0. The number of aromatic nitrogens is 3. The van der Waals surface area contributed by atoms with Crippen molar-refractivity contribution in [1.29, 1.82) is 0 Å². The second kappa shape index (κ2) is 5.96. The highest BCUT2D eigenvalue weighted by molar-refractivity contribution is 7.12. The van der Waals surface area contributed by atoms with E-state index in [2.05, 4.69) is 9.36 Å². The van der Waals surface area contributed by atoms with Crippen LogP contribution in [0.5, 0.6) is 5.75 Å². The van der Waals surface area contributed by atoms with E-state index in [9.17, 15) is 14.0 Å². The van der Waals surface area contributed by atoms with Gasteiger partial charge in [0.1, 0.15) is 16.0 Å². The maximum absolute atomic E-state index is 15.1. The third-order valence-corrected chi connectivity index (χ3v) is 5.83. The normalized spacial score (nSPS) is 14.1. The molecule has 4 aromatic rings. The van der Waals surface area contributed by atoms with E-state index in [1.807, 2.05) is 4.57 Å². The Morgan fingerprint density at radius 2 is 2.07 bits per heavy atom. The average molecular weight is 401 g/mol. The summed E-state index contributed by atoms with van der Waals surface area (Å²) in [6, 6.07) is 3.77. The molecule has 1 aliphatic rings. The summed E-state index contributed by atoms with van der Waals surface area (Å²) in [6.07, 6.45) is 2.99. The van der Waals surface area contributed by atoms with Crippen molar-refractivity contribution in [2.45, 2.75) is 18.9 Å². The monoisotopic (exact) mass is 401 g/mol. The first-order valence-corrected chi connectivity index (χ1v) is 9.40. The Hall–Kier alpha value is -3.07. The maximum Gasteiger partial charge on any atom is 0.271 e. The molecule has 0 bridgehead atoms. The van der Waals surface area contributed by atoms with Crippen LogP contribution in [0.15, 0.2) is 34.0 Å². The van der Waals surface area contributed by atoms with Crippen molar-refractivity contribution < 1.29 is 13.5 Å². The number of hydrogen-bond acceptors (Lipinski definition) is 5. The molecule has 1 saturated carbocycles. The molecule has 28 heavy (non-hydrogen) atoms. The molecule has 0 radical (unpaired) electrons. The Balaban J connectivity index is 2.02. The van der Waals surface area contributed by atoms with Crippen LogP contribution in [-0.2, 0) is 0 Å². The quantitative estimate of drug-likeness (QED) is 0.533. The van der Waals surface area contributed by atoms with E-state index < -0.39 is 22.8 Å². The number of fused-ring (bicyclic) bond motifs is 2. The van der Waals surface area contributed by atoms with Crippen molar-refractivity contribution in [2.24, 2.45) is 0 Å². The van der Waals surface area contributed by atoms with E-state index >= 15 is 4.39 Å². The highest BCUT2D eigenvalue weighted by Crippen LogP contribution is 2.45. The second-order valence-electron chi connectivity index (χ2n) is 6.67. The zero-order valence-corrected chi connectivity index (χ0v) is 15.4. The van der Waals surface area contributed by atoms with Crippen molar-refractivity contribution >= 4 is 32.7 Å². The number of pyridine rings is 2. The molecule has 142 valence electrons. The number of nitrogens with one attached hydrogen (secondary N) is 1. The molecule has 1 N–H and O–H groups in total. The van der Waals surface area contributed by atoms with Gasteiger partial charge >= 0.3 is 0 Å². The summed E-state index contributed by atoms with van der Waals surface area (Å²) in [7, 11) is 1.38. The van der Waals surface area contributed by atoms with E-state index in [1.165, 1.54) is 19.4 Å². The molecule has 1 aliphatic carbocycles. The predicted molar refractivity (Wildman–Crippen MR) is 102 cm³/mol. The molecule has 0 amide bonds. The highest BCUT2D eigenvalue weighted by Gasteiger charge is 2.31. The maximum atomic E-state index is 15.1. The minimum atomic E-state index is -0.752. The van der Waals surface area contributed by atoms with Crippen LogP contribution < -0.4 is 15.7 Å². The number of rotatable bonds is 3. The first-order valence-electron chi connectivity index (χ1n) is 8.59. The number of methoxy groups -OCH3 is 1. The average Bonchev–Trinajstić information content (AvgIpc) is 3.43. The number of halogens is 2.